The number of rotatable bonds is 0. The Kier molecular flexibility index (Phi) is 9.13. The van der Waals surface area contributed by atoms with E-state index in [1.807, 2.05) is 30.3 Å². The number of halogens is 2. The third kappa shape index (κ3) is 4.84. The van der Waals surface area contributed by atoms with Crippen LogP contribution in [-0.2, 0) is 27.2 Å². The fourth-order valence-electron chi connectivity index (χ4n) is 1.04. The van der Waals surface area contributed by atoms with E-state index in [0.717, 1.165) is 16.7 Å². The van der Waals surface area contributed by atoms with Gasteiger partial charge in [-0.15, -0.1) is 0 Å². The van der Waals surface area contributed by atoms with Crippen LogP contribution in [0.2, 0.25) is 0 Å². The van der Waals surface area contributed by atoms with Crippen molar-refractivity contribution in [3.8, 4) is 0 Å². The average Bonchev–Trinajstić information content (AvgIpc) is 2.45. The number of fused-ring (bicyclic) bond motifs is 1. The maximum atomic E-state index is 5.26. The molecule has 0 fully saturated rings. The van der Waals surface area contributed by atoms with Crippen LogP contribution < -0.4 is 0 Å². The van der Waals surface area contributed by atoms with Gasteiger partial charge in [-0.1, -0.05) is 23.6 Å². The molecule has 0 bridgehead atoms. The fourth-order valence-corrected chi connectivity index (χ4v) is 1.04. The minimum atomic E-state index is 0. The van der Waals surface area contributed by atoms with Crippen molar-refractivity contribution in [1.29, 1.82) is 0 Å². The Labute approximate surface area is 123 Å². The number of furan rings is 1. The number of para-hydroxylation sites is 1. The van der Waals surface area contributed by atoms with Gasteiger partial charge in [0.2, 0.25) is 0 Å². The summed E-state index contributed by atoms with van der Waals surface area (Å²) in [5.41, 5.74) is 0.910. The van der Waals surface area contributed by atoms with Crippen molar-refractivity contribution in [3.63, 3.8) is 0 Å². The summed E-state index contributed by atoms with van der Waals surface area (Å²) >= 11 is 4.93. The van der Waals surface area contributed by atoms with E-state index in [4.69, 9.17) is 4.42 Å². The van der Waals surface area contributed by atoms with Crippen molar-refractivity contribution >= 4 is 50.5 Å². The Balaban J connectivity index is 0.000000381. The average molecular weight is 514 g/mol. The molecule has 0 N–H and O–H groups in total. The number of hydrogen-bond acceptors (Lipinski definition) is 1. The van der Waals surface area contributed by atoms with E-state index in [2.05, 4.69) is 46.4 Å². The third-order valence-electron chi connectivity index (χ3n) is 1.48. The molecule has 0 aliphatic rings. The van der Waals surface area contributed by atoms with Crippen LogP contribution in [0.15, 0.2) is 34.7 Å². The normalized spacial score (nSPS) is 8.14. The topological polar surface area (TPSA) is 13.1 Å². The van der Waals surface area contributed by atoms with Gasteiger partial charge in [0.1, 0.15) is 5.58 Å². The van der Waals surface area contributed by atoms with Crippen molar-refractivity contribution in [3.05, 3.63) is 43.0 Å². The molecule has 1 heterocycles. The third-order valence-corrected chi connectivity index (χ3v) is 1.48. The molecule has 0 amide bonds. The van der Waals surface area contributed by atoms with Crippen LogP contribution in [0.4, 0.5) is 0 Å². The summed E-state index contributed by atoms with van der Waals surface area (Å²) in [6, 6.07) is 9.80. The molecule has 1 aromatic heterocycles. The van der Waals surface area contributed by atoms with Gasteiger partial charge in [0.05, 0.1) is 0 Å². The van der Waals surface area contributed by atoms with Crippen LogP contribution in [0.1, 0.15) is 5.76 Å². The Hall–Kier alpha value is 1.23. The van der Waals surface area contributed by atoms with E-state index in [1.54, 1.807) is 0 Å². The van der Waals surface area contributed by atoms with Gasteiger partial charge < -0.3 is 4.42 Å². The first-order chi connectivity index (χ1) is 6.27. The molecule has 1 nitrogen and oxygen atoms in total. The summed E-state index contributed by atoms with van der Waals surface area (Å²) in [4.78, 5) is 0. The molecule has 76 valence electrons. The van der Waals surface area contributed by atoms with Crippen LogP contribution >= 0.6 is 39.5 Å². The van der Waals surface area contributed by atoms with Crippen LogP contribution in [-0.4, -0.2) is 0 Å². The molecule has 5 heteroatoms. The molecule has 0 saturated heterocycles. The first-order valence-electron chi connectivity index (χ1n) is 3.70. The van der Waals surface area contributed by atoms with E-state index in [9.17, 15) is 0 Å². The second-order valence-electron chi connectivity index (χ2n) is 2.35. The Morgan fingerprint density at radius 2 is 1.79 bits per heavy atom. The molecular weight excluding hydrogens is 507 g/mol. The Morgan fingerprint density at radius 1 is 1.21 bits per heavy atom. The summed E-state index contributed by atoms with van der Waals surface area (Å²) in [7, 11) is 0.0650. The van der Waals surface area contributed by atoms with E-state index >= 15 is 0 Å². The van der Waals surface area contributed by atoms with Gasteiger partial charge in [-0.2, -0.15) is 6.07 Å². The zero-order valence-electron chi connectivity index (χ0n) is 7.27. The van der Waals surface area contributed by atoms with Crippen molar-refractivity contribution < 1.29 is 31.6 Å². The summed E-state index contributed by atoms with van der Waals surface area (Å²) in [5.74, 6) is 0.723. The SMILES string of the molecule is [CH2-]c1cc2ccccc2o1.[Cu+].[I][Zn][I]. The van der Waals surface area contributed by atoms with E-state index < -0.39 is 0 Å². The molecular formula is C9H7CuI2OZn. The van der Waals surface area contributed by atoms with Gasteiger partial charge in [-0.25, -0.2) is 6.92 Å². The van der Waals surface area contributed by atoms with E-state index in [-0.39, 0.29) is 27.2 Å². The Morgan fingerprint density at radius 3 is 2.36 bits per heavy atom. The van der Waals surface area contributed by atoms with Crippen LogP contribution in [0.25, 0.3) is 11.0 Å². The first kappa shape index (κ1) is 15.2. The van der Waals surface area contributed by atoms with Crippen LogP contribution in [0.3, 0.4) is 0 Å². The summed E-state index contributed by atoms with van der Waals surface area (Å²) in [6.07, 6.45) is 0. The second-order valence-corrected chi connectivity index (χ2v) is 25.9. The quantitative estimate of drug-likeness (QED) is 0.289. The van der Waals surface area contributed by atoms with Crippen molar-refractivity contribution in [2.45, 2.75) is 0 Å². The van der Waals surface area contributed by atoms with Crippen molar-refractivity contribution in [1.82, 2.24) is 0 Å². The van der Waals surface area contributed by atoms with E-state index in [0.29, 0.717) is 0 Å². The standard InChI is InChI=1S/C9H7O.Cu.2HI.Zn/c1-7-6-8-4-2-3-5-9(8)10-7;;;;/h2-6H,1H2;;2*1H;/q-1;+1;;;+2/p-2. The molecule has 2 aromatic rings. The molecule has 0 aliphatic carbocycles. The Bertz CT molecular complexity index is 345. The zero-order chi connectivity index (χ0) is 9.68. The van der Waals surface area contributed by atoms with Crippen LogP contribution in [0.5, 0.6) is 0 Å². The zero-order valence-corrected chi connectivity index (χ0v) is 15.5. The predicted molar refractivity (Wildman–Crippen MR) is 68.7 cm³/mol. The second kappa shape index (κ2) is 8.39. The van der Waals surface area contributed by atoms with Gasteiger partial charge in [0.15, 0.2) is 0 Å². The molecule has 0 spiro atoms. The number of benzene rings is 1. The predicted octanol–water partition coefficient (Wildman–Crippen LogP) is 4.38. The summed E-state index contributed by atoms with van der Waals surface area (Å²) in [6.45, 7) is 3.69. The fraction of sp³-hybridized carbons (Fsp3) is 0. The monoisotopic (exact) mass is 512 g/mol. The van der Waals surface area contributed by atoms with Crippen molar-refractivity contribution in [2.24, 2.45) is 0 Å². The van der Waals surface area contributed by atoms with Crippen molar-refractivity contribution in [2.75, 3.05) is 0 Å². The minimum absolute atomic E-state index is 0. The summed E-state index contributed by atoms with van der Waals surface area (Å²) < 4.78 is 5.26. The molecule has 0 radical (unpaired) electrons. The molecule has 0 atom stereocenters. The first-order valence-corrected chi connectivity index (χ1v) is 21.8. The van der Waals surface area contributed by atoms with E-state index in [1.165, 1.54) is 0 Å². The molecule has 14 heavy (non-hydrogen) atoms. The van der Waals surface area contributed by atoms with Gasteiger partial charge in [0.25, 0.3) is 0 Å². The van der Waals surface area contributed by atoms with Gasteiger partial charge in [-0.05, 0) is 11.8 Å². The molecule has 1 aromatic carbocycles. The maximum absolute atomic E-state index is 5.26. The van der Waals surface area contributed by atoms with Gasteiger partial charge in [0, 0.05) is 0 Å². The van der Waals surface area contributed by atoms with Gasteiger partial charge in [-0.3, -0.25) is 0 Å². The summed E-state index contributed by atoms with van der Waals surface area (Å²) in [5, 5.41) is 1.12. The molecule has 0 aliphatic heterocycles. The molecule has 0 unspecified atom stereocenters. The van der Waals surface area contributed by atoms with Gasteiger partial charge >= 0.3 is 66.7 Å². The number of hydrogen-bond donors (Lipinski definition) is 0. The van der Waals surface area contributed by atoms with Crippen LogP contribution in [0, 0.1) is 6.92 Å². The molecule has 0 saturated carbocycles. The molecule has 2 rings (SSSR count).